The maximum atomic E-state index is 11.2. The molecule has 0 aromatic carbocycles. The zero-order chi connectivity index (χ0) is 12.0. The van der Waals surface area contributed by atoms with E-state index in [1.54, 1.807) is 11.3 Å². The molecule has 3 rings (SSSR count). The molecule has 17 heavy (non-hydrogen) atoms. The molecule has 2 aromatic rings. The lowest BCUT2D eigenvalue weighted by molar-refractivity contribution is 0.0696. The first kappa shape index (κ1) is 10.6. The highest BCUT2D eigenvalue weighted by atomic mass is 32.1. The van der Waals surface area contributed by atoms with Gasteiger partial charge in [-0.15, -0.1) is 11.3 Å². The molecule has 1 aliphatic rings. The predicted molar refractivity (Wildman–Crippen MR) is 67.7 cm³/mol. The van der Waals surface area contributed by atoms with Gasteiger partial charge in [-0.3, -0.25) is 0 Å². The van der Waals surface area contributed by atoms with Crippen LogP contribution in [0.15, 0.2) is 23.6 Å². The van der Waals surface area contributed by atoms with Gasteiger partial charge in [0.2, 0.25) is 0 Å². The van der Waals surface area contributed by atoms with Gasteiger partial charge in [0.1, 0.15) is 0 Å². The van der Waals surface area contributed by atoms with Gasteiger partial charge in [0.15, 0.2) is 0 Å². The molecule has 4 heteroatoms. The molecule has 0 unspecified atom stereocenters. The summed E-state index contributed by atoms with van der Waals surface area (Å²) in [7, 11) is 0. The van der Waals surface area contributed by atoms with Crippen LogP contribution < -0.4 is 0 Å². The van der Waals surface area contributed by atoms with Crippen LogP contribution in [0.25, 0.3) is 10.6 Å². The quantitative estimate of drug-likeness (QED) is 0.901. The minimum Gasteiger partial charge on any atom is -0.478 e. The first-order valence-corrected chi connectivity index (χ1v) is 6.55. The Morgan fingerprint density at radius 3 is 2.82 bits per heavy atom. The average molecular weight is 247 g/mol. The van der Waals surface area contributed by atoms with Crippen LogP contribution >= 0.6 is 11.3 Å². The topological polar surface area (TPSA) is 42.2 Å². The average Bonchev–Trinajstić information content (AvgIpc) is 2.86. The van der Waals surface area contributed by atoms with Gasteiger partial charge in [-0.1, -0.05) is 6.07 Å². The molecule has 0 aliphatic heterocycles. The Bertz CT molecular complexity index is 565. The molecule has 0 atom stereocenters. The summed E-state index contributed by atoms with van der Waals surface area (Å²) in [4.78, 5) is 12.3. The number of carbonyl (C=O) groups is 1. The van der Waals surface area contributed by atoms with E-state index in [-0.39, 0.29) is 0 Å². The largest absolute Gasteiger partial charge is 0.478 e. The number of carboxylic acid groups (broad SMARTS) is 1. The van der Waals surface area contributed by atoms with Gasteiger partial charge >= 0.3 is 5.97 Å². The molecule has 1 aliphatic carbocycles. The second-order valence-electron chi connectivity index (χ2n) is 4.41. The van der Waals surface area contributed by atoms with E-state index in [4.69, 9.17) is 0 Å². The van der Waals surface area contributed by atoms with E-state index >= 15 is 0 Å². The van der Waals surface area contributed by atoms with Gasteiger partial charge in [-0.2, -0.15) is 0 Å². The smallest absolute Gasteiger partial charge is 0.337 e. The molecular formula is C13H13NO2S. The molecule has 3 nitrogen and oxygen atoms in total. The minimum absolute atomic E-state index is 0.431. The van der Waals surface area contributed by atoms with Gasteiger partial charge < -0.3 is 9.67 Å². The molecule has 0 spiro atoms. The highest BCUT2D eigenvalue weighted by Gasteiger charge is 2.30. The molecule has 0 saturated heterocycles. The molecule has 2 heterocycles. The van der Waals surface area contributed by atoms with Crippen LogP contribution in [0.3, 0.4) is 0 Å². The van der Waals surface area contributed by atoms with Crippen LogP contribution in [0.4, 0.5) is 0 Å². The number of hydrogen-bond donors (Lipinski definition) is 1. The van der Waals surface area contributed by atoms with Crippen LogP contribution in [0.5, 0.6) is 0 Å². The van der Waals surface area contributed by atoms with Crippen LogP contribution in [0.2, 0.25) is 0 Å². The fourth-order valence-electron chi connectivity index (χ4n) is 2.26. The zero-order valence-corrected chi connectivity index (χ0v) is 10.3. The summed E-state index contributed by atoms with van der Waals surface area (Å²) >= 11 is 1.66. The second-order valence-corrected chi connectivity index (χ2v) is 5.36. The highest BCUT2D eigenvalue weighted by Crippen LogP contribution is 2.42. The van der Waals surface area contributed by atoms with Crippen molar-refractivity contribution < 1.29 is 9.90 Å². The molecule has 0 amide bonds. The first-order chi connectivity index (χ1) is 8.18. The van der Waals surface area contributed by atoms with Gasteiger partial charge in [0, 0.05) is 11.7 Å². The van der Waals surface area contributed by atoms with Crippen molar-refractivity contribution in [2.24, 2.45) is 0 Å². The maximum absolute atomic E-state index is 11.2. The number of thiophene rings is 1. The molecule has 2 aromatic heterocycles. The number of aromatic carboxylic acids is 1. The molecule has 1 saturated carbocycles. The third kappa shape index (κ3) is 1.69. The van der Waals surface area contributed by atoms with Crippen LogP contribution in [-0.2, 0) is 0 Å². The van der Waals surface area contributed by atoms with E-state index in [2.05, 4.69) is 4.57 Å². The lowest BCUT2D eigenvalue weighted by Crippen LogP contribution is -2.02. The summed E-state index contributed by atoms with van der Waals surface area (Å²) in [6.45, 7) is 1.90. The fraction of sp³-hybridized carbons (Fsp3) is 0.308. The Morgan fingerprint density at radius 2 is 2.29 bits per heavy atom. The van der Waals surface area contributed by atoms with Crippen molar-refractivity contribution in [2.45, 2.75) is 25.8 Å². The van der Waals surface area contributed by atoms with Gasteiger partial charge in [-0.05, 0) is 37.3 Å². The summed E-state index contributed by atoms with van der Waals surface area (Å²) in [5, 5.41) is 11.2. The standard InChI is InChI=1S/C13H13NO2S/c1-8-10(13(15)16)7-11(12-3-2-6-17-12)14(8)9-4-5-9/h2-3,6-7,9H,4-5H2,1H3,(H,15,16). The summed E-state index contributed by atoms with van der Waals surface area (Å²) in [5.41, 5.74) is 2.36. The Hall–Kier alpha value is -1.55. The van der Waals surface area contributed by atoms with Crippen LogP contribution in [0, 0.1) is 6.92 Å². The third-order valence-corrected chi connectivity index (χ3v) is 4.10. The predicted octanol–water partition coefficient (Wildman–Crippen LogP) is 3.56. The Kier molecular flexibility index (Phi) is 2.33. The summed E-state index contributed by atoms with van der Waals surface area (Å²) in [5.74, 6) is -0.834. The van der Waals surface area contributed by atoms with E-state index in [0.717, 1.165) is 29.1 Å². The van der Waals surface area contributed by atoms with E-state index in [9.17, 15) is 9.90 Å². The maximum Gasteiger partial charge on any atom is 0.337 e. The summed E-state index contributed by atoms with van der Waals surface area (Å²) in [6, 6.07) is 6.35. The number of hydrogen-bond acceptors (Lipinski definition) is 2. The molecule has 0 bridgehead atoms. The SMILES string of the molecule is Cc1c(C(=O)O)cc(-c2cccs2)n1C1CC1. The molecule has 1 fully saturated rings. The van der Waals surface area contributed by atoms with E-state index in [1.807, 2.05) is 30.5 Å². The molecule has 88 valence electrons. The zero-order valence-electron chi connectivity index (χ0n) is 9.51. The minimum atomic E-state index is -0.834. The number of carboxylic acids is 1. The Morgan fingerprint density at radius 1 is 1.53 bits per heavy atom. The van der Waals surface area contributed by atoms with E-state index in [0.29, 0.717) is 11.6 Å². The van der Waals surface area contributed by atoms with Crippen LogP contribution in [-0.4, -0.2) is 15.6 Å². The fourth-order valence-corrected chi connectivity index (χ4v) is 2.99. The first-order valence-electron chi connectivity index (χ1n) is 5.67. The van der Waals surface area contributed by atoms with Crippen LogP contribution in [0.1, 0.15) is 34.9 Å². The van der Waals surface area contributed by atoms with Crippen molar-refractivity contribution in [3.05, 3.63) is 34.8 Å². The van der Waals surface area contributed by atoms with Gasteiger partial charge in [0.05, 0.1) is 16.1 Å². The van der Waals surface area contributed by atoms with Crippen molar-refractivity contribution in [1.82, 2.24) is 4.57 Å². The Labute approximate surface area is 103 Å². The van der Waals surface area contributed by atoms with E-state index < -0.39 is 5.97 Å². The third-order valence-electron chi connectivity index (χ3n) is 3.21. The lowest BCUT2D eigenvalue weighted by atomic mass is 10.2. The van der Waals surface area contributed by atoms with Gasteiger partial charge in [-0.25, -0.2) is 4.79 Å². The number of rotatable bonds is 3. The number of aromatic nitrogens is 1. The summed E-state index contributed by atoms with van der Waals surface area (Å²) in [6.07, 6.45) is 2.32. The Balaban J connectivity index is 2.19. The monoisotopic (exact) mass is 247 g/mol. The molecular weight excluding hydrogens is 234 g/mol. The van der Waals surface area contributed by atoms with Crippen molar-refractivity contribution >= 4 is 17.3 Å². The van der Waals surface area contributed by atoms with Crippen molar-refractivity contribution in [2.75, 3.05) is 0 Å². The summed E-state index contributed by atoms with van der Waals surface area (Å²) < 4.78 is 2.19. The number of nitrogens with zero attached hydrogens (tertiary/aromatic N) is 1. The van der Waals surface area contributed by atoms with Crippen molar-refractivity contribution in [1.29, 1.82) is 0 Å². The second kappa shape index (κ2) is 3.74. The lowest BCUT2D eigenvalue weighted by Gasteiger charge is -2.08. The van der Waals surface area contributed by atoms with Gasteiger partial charge in [0.25, 0.3) is 0 Å². The molecule has 0 radical (unpaired) electrons. The normalized spacial score (nSPS) is 15.1. The molecule has 1 N–H and O–H groups in total. The van der Waals surface area contributed by atoms with E-state index in [1.165, 1.54) is 0 Å². The highest BCUT2D eigenvalue weighted by molar-refractivity contribution is 7.13. The van der Waals surface area contributed by atoms with Crippen molar-refractivity contribution in [3.63, 3.8) is 0 Å². The van der Waals surface area contributed by atoms with Crippen molar-refractivity contribution in [3.8, 4) is 10.6 Å².